The van der Waals surface area contributed by atoms with Gasteiger partial charge in [0.15, 0.2) is 0 Å². The van der Waals surface area contributed by atoms with Crippen molar-refractivity contribution >= 4 is 0 Å². The number of hydrogen-bond donors (Lipinski definition) is 0. The summed E-state index contributed by atoms with van der Waals surface area (Å²) in [5, 5.41) is 0. The number of ether oxygens (including phenoxy) is 2. The fourth-order valence-corrected chi connectivity index (χ4v) is 2.40. The average molecular weight is 288 g/mol. The van der Waals surface area contributed by atoms with Gasteiger partial charge in [0.25, 0.3) is 0 Å². The fraction of sp³-hybridized carbons (Fsp3) is 1.00. The second-order valence-corrected chi connectivity index (χ2v) is 5.09. The molecule has 4 heteroatoms. The number of rotatable bonds is 13. The normalized spacial score (nSPS) is 15.0. The SMILES string of the molecule is CCN(CC)C(C)OCCCCOC(C)N(CC)CC. The van der Waals surface area contributed by atoms with E-state index in [2.05, 4.69) is 51.3 Å². The van der Waals surface area contributed by atoms with Crippen molar-refractivity contribution in [3.8, 4) is 0 Å². The molecule has 0 N–H and O–H groups in total. The van der Waals surface area contributed by atoms with E-state index in [0.717, 1.165) is 52.2 Å². The zero-order valence-electron chi connectivity index (χ0n) is 14.5. The van der Waals surface area contributed by atoms with Crippen molar-refractivity contribution in [2.45, 2.75) is 66.8 Å². The van der Waals surface area contributed by atoms with Crippen LogP contribution in [0.1, 0.15) is 54.4 Å². The van der Waals surface area contributed by atoms with Gasteiger partial charge in [-0.15, -0.1) is 0 Å². The molecule has 20 heavy (non-hydrogen) atoms. The van der Waals surface area contributed by atoms with E-state index in [1.165, 1.54) is 0 Å². The topological polar surface area (TPSA) is 24.9 Å². The Balaban J connectivity index is 3.57. The van der Waals surface area contributed by atoms with Gasteiger partial charge in [-0.05, 0) is 52.9 Å². The molecule has 2 atom stereocenters. The predicted octanol–water partition coefficient (Wildman–Crippen LogP) is 3.18. The van der Waals surface area contributed by atoms with Crippen molar-refractivity contribution < 1.29 is 9.47 Å². The molecule has 0 amide bonds. The monoisotopic (exact) mass is 288 g/mol. The molecule has 0 aliphatic carbocycles. The third-order valence-electron chi connectivity index (χ3n) is 3.91. The van der Waals surface area contributed by atoms with E-state index in [1.807, 2.05) is 0 Å². The molecule has 0 saturated carbocycles. The van der Waals surface area contributed by atoms with Crippen molar-refractivity contribution in [1.29, 1.82) is 0 Å². The summed E-state index contributed by atoms with van der Waals surface area (Å²) < 4.78 is 11.7. The summed E-state index contributed by atoms with van der Waals surface area (Å²) in [5.41, 5.74) is 0. The van der Waals surface area contributed by atoms with E-state index in [1.54, 1.807) is 0 Å². The van der Waals surface area contributed by atoms with E-state index in [4.69, 9.17) is 9.47 Å². The van der Waals surface area contributed by atoms with Gasteiger partial charge in [0, 0.05) is 13.2 Å². The van der Waals surface area contributed by atoms with Gasteiger partial charge < -0.3 is 9.47 Å². The van der Waals surface area contributed by atoms with Gasteiger partial charge in [0.05, 0.1) is 0 Å². The Hall–Kier alpha value is -0.160. The maximum Gasteiger partial charge on any atom is 0.107 e. The summed E-state index contributed by atoms with van der Waals surface area (Å²) >= 11 is 0. The average Bonchev–Trinajstić information content (AvgIpc) is 2.45. The largest absolute Gasteiger partial charge is 0.363 e. The first-order valence-corrected chi connectivity index (χ1v) is 8.31. The molecular weight excluding hydrogens is 252 g/mol. The maximum absolute atomic E-state index is 5.84. The summed E-state index contributed by atoms with van der Waals surface area (Å²) in [6, 6.07) is 0. The molecule has 0 heterocycles. The minimum Gasteiger partial charge on any atom is -0.363 e. The molecule has 0 aromatic carbocycles. The van der Waals surface area contributed by atoms with Crippen LogP contribution in [0.2, 0.25) is 0 Å². The molecule has 122 valence electrons. The molecule has 4 nitrogen and oxygen atoms in total. The molecule has 0 fully saturated rings. The van der Waals surface area contributed by atoms with Gasteiger partial charge in [-0.3, -0.25) is 9.80 Å². The van der Waals surface area contributed by atoms with Crippen molar-refractivity contribution in [2.24, 2.45) is 0 Å². The molecule has 0 rings (SSSR count). The van der Waals surface area contributed by atoms with Crippen LogP contribution in [0.15, 0.2) is 0 Å². The third-order valence-corrected chi connectivity index (χ3v) is 3.91. The van der Waals surface area contributed by atoms with Crippen LogP contribution in [0.3, 0.4) is 0 Å². The Bertz CT molecular complexity index is 185. The highest BCUT2D eigenvalue weighted by atomic mass is 16.5. The number of unbranched alkanes of at least 4 members (excludes halogenated alkanes) is 1. The van der Waals surface area contributed by atoms with Crippen molar-refractivity contribution in [3.05, 3.63) is 0 Å². The molecular formula is C16H36N2O2. The quantitative estimate of drug-likeness (QED) is 0.384. The van der Waals surface area contributed by atoms with Crippen LogP contribution in [0.4, 0.5) is 0 Å². The van der Waals surface area contributed by atoms with E-state index in [9.17, 15) is 0 Å². The minimum absolute atomic E-state index is 0.223. The first-order valence-electron chi connectivity index (χ1n) is 8.31. The highest BCUT2D eigenvalue weighted by Gasteiger charge is 2.10. The second-order valence-electron chi connectivity index (χ2n) is 5.09. The first kappa shape index (κ1) is 19.8. The van der Waals surface area contributed by atoms with Crippen molar-refractivity contribution in [1.82, 2.24) is 9.80 Å². The summed E-state index contributed by atoms with van der Waals surface area (Å²) in [7, 11) is 0. The predicted molar refractivity (Wildman–Crippen MR) is 85.9 cm³/mol. The number of nitrogens with zero attached hydrogens (tertiary/aromatic N) is 2. The Morgan fingerprint density at radius 1 is 0.650 bits per heavy atom. The molecule has 0 aromatic rings. The fourth-order valence-electron chi connectivity index (χ4n) is 2.40. The van der Waals surface area contributed by atoms with Crippen molar-refractivity contribution in [3.63, 3.8) is 0 Å². The minimum atomic E-state index is 0.223. The van der Waals surface area contributed by atoms with Crippen molar-refractivity contribution in [2.75, 3.05) is 39.4 Å². The molecule has 0 bridgehead atoms. The Morgan fingerprint density at radius 2 is 0.950 bits per heavy atom. The highest BCUT2D eigenvalue weighted by molar-refractivity contribution is 4.55. The number of hydrogen-bond acceptors (Lipinski definition) is 4. The van der Waals surface area contributed by atoms with Crippen LogP contribution < -0.4 is 0 Å². The van der Waals surface area contributed by atoms with E-state index >= 15 is 0 Å². The molecule has 0 spiro atoms. The standard InChI is InChI=1S/C16H36N2O2/c1-7-17(8-2)15(5)19-13-11-12-14-20-16(6)18(9-3)10-4/h15-16H,7-14H2,1-6H3. The Morgan fingerprint density at radius 3 is 1.20 bits per heavy atom. The van der Waals surface area contributed by atoms with Gasteiger partial charge in [-0.1, -0.05) is 27.7 Å². The zero-order valence-corrected chi connectivity index (χ0v) is 14.5. The first-order chi connectivity index (χ1) is 9.60. The molecule has 0 aliphatic heterocycles. The molecule has 0 aromatic heterocycles. The van der Waals surface area contributed by atoms with Crippen LogP contribution in [-0.4, -0.2) is 61.6 Å². The van der Waals surface area contributed by atoms with Gasteiger partial charge in [0.1, 0.15) is 12.5 Å². The van der Waals surface area contributed by atoms with Gasteiger partial charge in [0.2, 0.25) is 0 Å². The lowest BCUT2D eigenvalue weighted by molar-refractivity contribution is -0.0573. The summed E-state index contributed by atoms with van der Waals surface area (Å²) in [4.78, 5) is 4.64. The van der Waals surface area contributed by atoms with E-state index in [-0.39, 0.29) is 12.5 Å². The van der Waals surface area contributed by atoms with E-state index in [0.29, 0.717) is 0 Å². The van der Waals surface area contributed by atoms with Crippen LogP contribution in [0.5, 0.6) is 0 Å². The summed E-state index contributed by atoms with van der Waals surface area (Å²) in [5.74, 6) is 0. The summed E-state index contributed by atoms with van der Waals surface area (Å²) in [6.45, 7) is 18.8. The molecule has 0 saturated heterocycles. The van der Waals surface area contributed by atoms with Crippen LogP contribution in [0, 0.1) is 0 Å². The third kappa shape index (κ3) is 8.20. The Kier molecular flexibility index (Phi) is 12.5. The van der Waals surface area contributed by atoms with Gasteiger partial charge in [-0.25, -0.2) is 0 Å². The lowest BCUT2D eigenvalue weighted by Gasteiger charge is -2.27. The molecule has 2 unspecified atom stereocenters. The maximum atomic E-state index is 5.84. The second kappa shape index (κ2) is 12.6. The van der Waals surface area contributed by atoms with E-state index < -0.39 is 0 Å². The van der Waals surface area contributed by atoms with Crippen LogP contribution >= 0.6 is 0 Å². The molecule has 0 radical (unpaired) electrons. The Labute approximate surface area is 126 Å². The van der Waals surface area contributed by atoms with Crippen LogP contribution in [-0.2, 0) is 9.47 Å². The zero-order chi connectivity index (χ0) is 15.4. The lowest BCUT2D eigenvalue weighted by atomic mass is 10.3. The lowest BCUT2D eigenvalue weighted by Crippen LogP contribution is -2.35. The van der Waals surface area contributed by atoms with Crippen LogP contribution in [0.25, 0.3) is 0 Å². The summed E-state index contributed by atoms with van der Waals surface area (Å²) in [6.07, 6.45) is 2.58. The highest BCUT2D eigenvalue weighted by Crippen LogP contribution is 2.04. The smallest absolute Gasteiger partial charge is 0.107 e. The van der Waals surface area contributed by atoms with Gasteiger partial charge >= 0.3 is 0 Å². The molecule has 0 aliphatic rings. The van der Waals surface area contributed by atoms with Gasteiger partial charge in [-0.2, -0.15) is 0 Å².